The Kier molecular flexibility index (Phi) is 6.31. The molecule has 2 heteroatoms. The topological polar surface area (TPSA) is 8.17 Å². The quantitative estimate of drug-likeness (QED) is 0.194. The number of hydrogen-bond donors (Lipinski definition) is 0. The van der Waals surface area contributed by atoms with Crippen LogP contribution in [0.3, 0.4) is 0 Å². The Labute approximate surface area is 268 Å². The van der Waals surface area contributed by atoms with E-state index in [1.807, 2.05) is 0 Å². The molecule has 7 aromatic carbocycles. The summed E-state index contributed by atoms with van der Waals surface area (Å²) in [5, 5.41) is 7.57. The number of benzene rings is 7. The monoisotopic (exact) mass is 588 g/mol. The predicted molar refractivity (Wildman–Crippen MR) is 195 cm³/mol. The molecular weight excluding hydrogens is 556 g/mol. The highest BCUT2D eigenvalue weighted by molar-refractivity contribution is 6.26. The van der Waals surface area contributed by atoms with Crippen LogP contribution in [0.25, 0.3) is 49.0 Å². The molecule has 0 aliphatic heterocycles. The first kappa shape index (κ1) is 26.5. The van der Waals surface area contributed by atoms with Gasteiger partial charge in [0.2, 0.25) is 0 Å². The van der Waals surface area contributed by atoms with E-state index in [0.717, 1.165) is 17.8 Å². The van der Waals surface area contributed by atoms with Crippen molar-refractivity contribution >= 4 is 54.7 Å². The number of nitrogens with zero attached hydrogens (tertiary/aromatic N) is 2. The number of allylic oxidation sites excluding steroid dienone is 3. The van der Waals surface area contributed by atoms with Gasteiger partial charge in [0.15, 0.2) is 0 Å². The van der Waals surface area contributed by atoms with Crippen LogP contribution in [0.5, 0.6) is 0 Å². The molecule has 2 nitrogen and oxygen atoms in total. The van der Waals surface area contributed by atoms with E-state index in [0.29, 0.717) is 5.92 Å². The lowest BCUT2D eigenvalue weighted by molar-refractivity contribution is 0.837. The van der Waals surface area contributed by atoms with Gasteiger partial charge in [-0.2, -0.15) is 0 Å². The predicted octanol–water partition coefficient (Wildman–Crippen LogP) is 11.9. The first-order valence-electron chi connectivity index (χ1n) is 16.1. The van der Waals surface area contributed by atoms with Crippen molar-refractivity contribution in [1.82, 2.24) is 4.57 Å². The number of aromatic nitrogens is 1. The number of anilines is 2. The van der Waals surface area contributed by atoms with Gasteiger partial charge in [-0.1, -0.05) is 127 Å². The van der Waals surface area contributed by atoms with Crippen molar-refractivity contribution in [2.45, 2.75) is 12.3 Å². The van der Waals surface area contributed by atoms with Crippen molar-refractivity contribution in [1.29, 1.82) is 0 Å². The van der Waals surface area contributed by atoms with E-state index in [2.05, 4.69) is 185 Å². The minimum atomic E-state index is 0.327. The molecule has 0 bridgehead atoms. The zero-order valence-corrected chi connectivity index (χ0v) is 25.4. The number of para-hydroxylation sites is 2. The molecule has 0 saturated carbocycles. The summed E-state index contributed by atoms with van der Waals surface area (Å²) in [5.41, 5.74) is 8.45. The average Bonchev–Trinajstić information content (AvgIpc) is 3.49. The van der Waals surface area contributed by atoms with E-state index >= 15 is 0 Å². The Bertz CT molecular complexity index is 2430. The minimum absolute atomic E-state index is 0.327. The fourth-order valence-corrected chi connectivity index (χ4v) is 7.34. The van der Waals surface area contributed by atoms with Crippen LogP contribution in [0.4, 0.5) is 11.4 Å². The van der Waals surface area contributed by atoms with E-state index in [1.165, 1.54) is 60.3 Å². The zero-order chi connectivity index (χ0) is 30.5. The molecule has 1 aliphatic carbocycles. The Morgan fingerprint density at radius 3 is 2.04 bits per heavy atom. The number of fused-ring (bicyclic) bond motifs is 7. The lowest BCUT2D eigenvalue weighted by Crippen LogP contribution is -2.17. The largest absolute Gasteiger partial charge is 0.311 e. The maximum atomic E-state index is 2.46. The molecule has 9 rings (SSSR count). The Morgan fingerprint density at radius 2 is 1.22 bits per heavy atom. The van der Waals surface area contributed by atoms with Crippen LogP contribution >= 0.6 is 0 Å². The van der Waals surface area contributed by atoms with Crippen LogP contribution in [0.15, 0.2) is 182 Å². The van der Waals surface area contributed by atoms with Crippen LogP contribution in [0, 0.1) is 0 Å². The van der Waals surface area contributed by atoms with E-state index in [4.69, 9.17) is 0 Å². The summed E-state index contributed by atoms with van der Waals surface area (Å²) in [6.07, 6.45) is 8.03. The molecule has 1 aromatic heterocycles. The SMILES string of the molecule is C1=CC(N(c2ccccc2)c2ccc3ccc4c5c6ccccc6ccc5n(-c5ccccc5)c4c3c2)=CC(c2ccccc2)C1. The van der Waals surface area contributed by atoms with Gasteiger partial charge < -0.3 is 9.47 Å². The third kappa shape index (κ3) is 4.34. The molecule has 0 saturated heterocycles. The first-order valence-corrected chi connectivity index (χ1v) is 16.1. The minimum Gasteiger partial charge on any atom is -0.311 e. The van der Waals surface area contributed by atoms with Gasteiger partial charge in [-0.05, 0) is 76.7 Å². The lowest BCUT2D eigenvalue weighted by Gasteiger charge is -2.30. The van der Waals surface area contributed by atoms with Crippen LogP contribution < -0.4 is 4.90 Å². The van der Waals surface area contributed by atoms with Crippen molar-refractivity contribution in [3.8, 4) is 5.69 Å². The van der Waals surface area contributed by atoms with E-state index in [-0.39, 0.29) is 0 Å². The lowest BCUT2D eigenvalue weighted by atomic mass is 9.91. The third-order valence-electron chi connectivity index (χ3n) is 9.44. The molecule has 1 heterocycles. The normalized spacial score (nSPS) is 14.7. The highest BCUT2D eigenvalue weighted by Gasteiger charge is 2.21. The molecule has 1 atom stereocenters. The molecule has 0 amide bonds. The molecule has 1 unspecified atom stereocenters. The molecule has 0 spiro atoms. The van der Waals surface area contributed by atoms with E-state index in [9.17, 15) is 0 Å². The highest BCUT2D eigenvalue weighted by atomic mass is 15.1. The maximum Gasteiger partial charge on any atom is 0.0620 e. The molecule has 1 aliphatic rings. The van der Waals surface area contributed by atoms with Gasteiger partial charge in [-0.3, -0.25) is 0 Å². The molecule has 0 radical (unpaired) electrons. The smallest absolute Gasteiger partial charge is 0.0620 e. The van der Waals surface area contributed by atoms with E-state index in [1.54, 1.807) is 0 Å². The van der Waals surface area contributed by atoms with Crippen LogP contribution in [-0.4, -0.2) is 4.57 Å². The first-order chi connectivity index (χ1) is 22.8. The third-order valence-corrected chi connectivity index (χ3v) is 9.44. The summed E-state index contributed by atoms with van der Waals surface area (Å²) in [4.78, 5) is 2.41. The van der Waals surface area contributed by atoms with Gasteiger partial charge in [0.1, 0.15) is 0 Å². The molecular formula is C44H32N2. The number of hydrogen-bond acceptors (Lipinski definition) is 1. The molecule has 46 heavy (non-hydrogen) atoms. The van der Waals surface area contributed by atoms with Crippen molar-refractivity contribution in [3.05, 3.63) is 187 Å². The van der Waals surface area contributed by atoms with Gasteiger partial charge in [-0.25, -0.2) is 0 Å². The van der Waals surface area contributed by atoms with Crippen LogP contribution in [0.2, 0.25) is 0 Å². The number of rotatable bonds is 5. The maximum absolute atomic E-state index is 2.46. The molecule has 0 fully saturated rings. The summed E-state index contributed by atoms with van der Waals surface area (Å²) in [5.74, 6) is 0.327. The fraction of sp³-hybridized carbons (Fsp3) is 0.0455. The zero-order valence-electron chi connectivity index (χ0n) is 25.4. The molecule has 218 valence electrons. The standard InChI is InChI=1S/C44H32N2/c1-4-13-31(14-5-1)34-16-12-21-37(29-34)45(35-17-6-2-7-18-35)38-26-23-33-24-27-40-43-39-22-11-10-15-32(39)25-28-42(43)46(44(40)41(33)30-38)36-19-8-3-9-20-36/h1-15,17-30,34H,16H2. The van der Waals surface area contributed by atoms with Gasteiger partial charge in [0.25, 0.3) is 0 Å². The van der Waals surface area contributed by atoms with Crippen molar-refractivity contribution in [2.75, 3.05) is 4.90 Å². The highest BCUT2D eigenvalue weighted by Crippen LogP contribution is 2.42. The van der Waals surface area contributed by atoms with Crippen molar-refractivity contribution < 1.29 is 0 Å². The van der Waals surface area contributed by atoms with Gasteiger partial charge in [0, 0.05) is 44.8 Å². The van der Waals surface area contributed by atoms with Gasteiger partial charge >= 0.3 is 0 Å². The average molecular weight is 589 g/mol. The second kappa shape index (κ2) is 10.9. The summed E-state index contributed by atoms with van der Waals surface area (Å²) in [6.45, 7) is 0. The molecule has 8 aromatic rings. The summed E-state index contributed by atoms with van der Waals surface area (Å²) in [7, 11) is 0. The summed E-state index contributed by atoms with van der Waals surface area (Å²) in [6, 6.07) is 57.2. The summed E-state index contributed by atoms with van der Waals surface area (Å²) >= 11 is 0. The Hall–Kier alpha value is -5.86. The molecule has 0 N–H and O–H groups in total. The second-order valence-corrected chi connectivity index (χ2v) is 12.1. The van der Waals surface area contributed by atoms with Crippen LogP contribution in [0.1, 0.15) is 17.9 Å². The fourth-order valence-electron chi connectivity index (χ4n) is 7.34. The van der Waals surface area contributed by atoms with Crippen molar-refractivity contribution in [2.24, 2.45) is 0 Å². The van der Waals surface area contributed by atoms with Gasteiger partial charge in [-0.15, -0.1) is 0 Å². The van der Waals surface area contributed by atoms with Gasteiger partial charge in [0.05, 0.1) is 11.0 Å². The van der Waals surface area contributed by atoms with Crippen LogP contribution in [-0.2, 0) is 0 Å². The Morgan fingerprint density at radius 1 is 0.543 bits per heavy atom. The summed E-state index contributed by atoms with van der Waals surface area (Å²) < 4.78 is 2.46. The van der Waals surface area contributed by atoms with E-state index < -0.39 is 0 Å². The second-order valence-electron chi connectivity index (χ2n) is 12.1. The Balaban J connectivity index is 1.33. The van der Waals surface area contributed by atoms with Crippen molar-refractivity contribution in [3.63, 3.8) is 0 Å².